The Kier molecular flexibility index (Phi) is 4.56. The molecule has 0 unspecified atom stereocenters. The highest BCUT2D eigenvalue weighted by molar-refractivity contribution is 7.91. The van der Waals surface area contributed by atoms with Gasteiger partial charge in [0.1, 0.15) is 0 Å². The van der Waals surface area contributed by atoms with Crippen LogP contribution in [0, 0.1) is 5.41 Å². The van der Waals surface area contributed by atoms with Crippen LogP contribution in [0.25, 0.3) is 0 Å². The van der Waals surface area contributed by atoms with Crippen LogP contribution in [0.1, 0.15) is 39.5 Å². The molecule has 1 fully saturated rings. The average molecular weight is 317 g/mol. The summed E-state index contributed by atoms with van der Waals surface area (Å²) < 4.78 is 47.6. The highest BCUT2D eigenvalue weighted by atomic mass is 32.2. The smallest absolute Gasteiger partial charge is 0.341 e. The molecule has 0 atom stereocenters. The minimum atomic E-state index is -4.50. The molecule has 3 nitrogen and oxygen atoms in total. The molecule has 0 amide bonds. The van der Waals surface area contributed by atoms with E-state index < -0.39 is 15.6 Å². The first-order valence-corrected chi connectivity index (χ1v) is 8.64. The van der Waals surface area contributed by atoms with Gasteiger partial charge < -0.3 is 5.32 Å². The molecule has 21 heavy (non-hydrogen) atoms. The highest BCUT2D eigenvalue weighted by Crippen LogP contribution is 2.36. The second-order valence-electron chi connectivity index (χ2n) is 6.41. The zero-order chi connectivity index (χ0) is 15.7. The van der Waals surface area contributed by atoms with Crippen molar-refractivity contribution in [1.29, 1.82) is 0 Å². The van der Waals surface area contributed by atoms with Gasteiger partial charge in [-0.25, -0.2) is 8.42 Å². The molecule has 1 aliphatic rings. The van der Waals surface area contributed by atoms with Crippen LogP contribution in [0.3, 0.4) is 0 Å². The molecule has 1 aliphatic carbocycles. The topological polar surface area (TPSA) is 46.2 Å². The molecule has 1 saturated carbocycles. The largest absolute Gasteiger partial charge is 0.382 e. The molecule has 0 heterocycles. The van der Waals surface area contributed by atoms with Gasteiger partial charge in [-0.05, 0) is 55.4 Å². The Bertz CT molecular complexity index is 572. The summed E-state index contributed by atoms with van der Waals surface area (Å²) in [4.78, 5) is -0.340. The maximum Gasteiger partial charge on any atom is 0.341 e. The molecular weight excluding hydrogens is 296 g/mol. The summed E-state index contributed by atoms with van der Waals surface area (Å²) >= 11 is 0. The number of anilines is 1. The number of alkyl halides is 2. The van der Waals surface area contributed by atoms with Crippen LogP contribution < -0.4 is 5.32 Å². The lowest BCUT2D eigenvalue weighted by Crippen LogP contribution is -2.29. The Hall–Kier alpha value is -1.17. The Morgan fingerprint density at radius 2 is 1.67 bits per heavy atom. The van der Waals surface area contributed by atoms with Crippen LogP contribution in [-0.4, -0.2) is 20.2 Å². The van der Waals surface area contributed by atoms with Crippen molar-refractivity contribution in [2.24, 2.45) is 5.41 Å². The molecule has 1 N–H and O–H groups in total. The van der Waals surface area contributed by atoms with E-state index >= 15 is 0 Å². The van der Waals surface area contributed by atoms with Crippen LogP contribution in [0.4, 0.5) is 14.5 Å². The fourth-order valence-electron chi connectivity index (χ4n) is 2.62. The van der Waals surface area contributed by atoms with E-state index in [4.69, 9.17) is 0 Å². The molecule has 0 aliphatic heterocycles. The van der Waals surface area contributed by atoms with Crippen molar-refractivity contribution in [1.82, 2.24) is 0 Å². The van der Waals surface area contributed by atoms with Crippen LogP contribution in [0.2, 0.25) is 0 Å². The van der Waals surface area contributed by atoms with Gasteiger partial charge in [0, 0.05) is 11.7 Å². The van der Waals surface area contributed by atoms with Crippen LogP contribution in [0.15, 0.2) is 29.2 Å². The number of benzene rings is 1. The number of halogens is 2. The van der Waals surface area contributed by atoms with Gasteiger partial charge in [-0.3, -0.25) is 0 Å². The normalized spacial score (nSPS) is 19.7. The van der Waals surface area contributed by atoms with Gasteiger partial charge in [0.15, 0.2) is 0 Å². The molecule has 1 aromatic carbocycles. The van der Waals surface area contributed by atoms with Gasteiger partial charge in [0.25, 0.3) is 0 Å². The fourth-order valence-corrected chi connectivity index (χ4v) is 3.34. The summed E-state index contributed by atoms with van der Waals surface area (Å²) in [7, 11) is -4.50. The molecule has 0 saturated heterocycles. The first-order chi connectivity index (χ1) is 9.71. The van der Waals surface area contributed by atoms with E-state index in [2.05, 4.69) is 19.2 Å². The van der Waals surface area contributed by atoms with Crippen LogP contribution >= 0.6 is 0 Å². The molecule has 6 heteroatoms. The quantitative estimate of drug-likeness (QED) is 0.911. The number of rotatable bonds is 4. The van der Waals surface area contributed by atoms with Crippen molar-refractivity contribution >= 4 is 15.5 Å². The lowest BCUT2D eigenvalue weighted by Gasteiger charge is -2.35. The Labute approximate surface area is 124 Å². The van der Waals surface area contributed by atoms with Crippen molar-refractivity contribution in [3.63, 3.8) is 0 Å². The third-order valence-corrected chi connectivity index (χ3v) is 5.53. The number of sulfone groups is 1. The van der Waals surface area contributed by atoms with Gasteiger partial charge in [-0.2, -0.15) is 8.78 Å². The van der Waals surface area contributed by atoms with Crippen LogP contribution in [-0.2, 0) is 9.84 Å². The van der Waals surface area contributed by atoms with E-state index in [-0.39, 0.29) is 4.90 Å². The van der Waals surface area contributed by atoms with Crippen LogP contribution in [0.5, 0.6) is 0 Å². The molecule has 118 valence electrons. The Morgan fingerprint density at radius 3 is 2.14 bits per heavy atom. The lowest BCUT2D eigenvalue weighted by atomic mass is 9.75. The predicted octanol–water partition coefficient (Wildman–Crippen LogP) is 4.06. The summed E-state index contributed by atoms with van der Waals surface area (Å²) in [6.07, 6.45) is 4.40. The summed E-state index contributed by atoms with van der Waals surface area (Å²) in [5, 5.41) is 3.34. The van der Waals surface area contributed by atoms with Gasteiger partial charge in [0.05, 0.1) is 4.90 Å². The van der Waals surface area contributed by atoms with E-state index in [9.17, 15) is 17.2 Å². The zero-order valence-corrected chi connectivity index (χ0v) is 13.1. The van der Waals surface area contributed by atoms with Gasteiger partial charge in [-0.15, -0.1) is 0 Å². The molecule has 2 rings (SSSR count). The first kappa shape index (κ1) is 16.2. The Balaban J connectivity index is 2.01. The predicted molar refractivity (Wildman–Crippen MR) is 79.3 cm³/mol. The fraction of sp³-hybridized carbons (Fsp3) is 0.600. The van der Waals surface area contributed by atoms with Gasteiger partial charge in [0.2, 0.25) is 9.84 Å². The van der Waals surface area contributed by atoms with E-state index in [1.807, 2.05) is 0 Å². The minimum absolute atomic E-state index is 0.340. The zero-order valence-electron chi connectivity index (χ0n) is 12.3. The van der Waals surface area contributed by atoms with E-state index in [1.165, 1.54) is 12.1 Å². The molecule has 0 spiro atoms. The number of hydrogen-bond acceptors (Lipinski definition) is 3. The van der Waals surface area contributed by atoms with Gasteiger partial charge >= 0.3 is 5.76 Å². The maximum atomic E-state index is 12.4. The van der Waals surface area contributed by atoms with Crippen molar-refractivity contribution < 1.29 is 17.2 Å². The maximum absolute atomic E-state index is 12.4. The number of hydrogen-bond donors (Lipinski definition) is 1. The molecule has 1 aromatic rings. The standard InChI is InChI=1S/C15H21F2NO2S/c1-15(2)9-7-12(8-10-15)18-11-3-5-13(6-4-11)21(19,20)14(16)17/h3-6,12,14,18H,7-10H2,1-2H3. The SMILES string of the molecule is CC1(C)CCC(Nc2ccc(S(=O)(=O)C(F)F)cc2)CC1. The minimum Gasteiger partial charge on any atom is -0.382 e. The number of nitrogens with one attached hydrogen (secondary N) is 1. The second kappa shape index (κ2) is 5.91. The van der Waals surface area contributed by atoms with Gasteiger partial charge in [-0.1, -0.05) is 13.8 Å². The third kappa shape index (κ3) is 3.93. The monoisotopic (exact) mass is 317 g/mol. The molecule has 0 radical (unpaired) electrons. The van der Waals surface area contributed by atoms with Crippen molar-refractivity contribution in [2.45, 2.75) is 56.2 Å². The summed E-state index contributed by atoms with van der Waals surface area (Å²) in [6.45, 7) is 4.51. The van der Waals surface area contributed by atoms with E-state index in [0.717, 1.165) is 31.4 Å². The Morgan fingerprint density at radius 1 is 1.14 bits per heavy atom. The molecule has 0 aromatic heterocycles. The highest BCUT2D eigenvalue weighted by Gasteiger charge is 2.28. The van der Waals surface area contributed by atoms with E-state index in [0.29, 0.717) is 11.5 Å². The second-order valence-corrected chi connectivity index (χ2v) is 8.33. The van der Waals surface area contributed by atoms with Crippen molar-refractivity contribution in [2.75, 3.05) is 5.32 Å². The average Bonchev–Trinajstić information content (AvgIpc) is 2.42. The lowest BCUT2D eigenvalue weighted by molar-refractivity contribution is 0.232. The van der Waals surface area contributed by atoms with Crippen molar-refractivity contribution in [3.8, 4) is 0 Å². The van der Waals surface area contributed by atoms with E-state index in [1.54, 1.807) is 12.1 Å². The summed E-state index contributed by atoms with van der Waals surface area (Å²) in [6, 6.07) is 5.92. The molecule has 0 bridgehead atoms. The third-order valence-electron chi connectivity index (χ3n) is 4.13. The van der Waals surface area contributed by atoms with Crippen molar-refractivity contribution in [3.05, 3.63) is 24.3 Å². The summed E-state index contributed by atoms with van der Waals surface area (Å²) in [5.41, 5.74) is 1.15. The summed E-state index contributed by atoms with van der Waals surface area (Å²) in [5.74, 6) is -3.38. The molecular formula is C15H21F2NO2S. The first-order valence-electron chi connectivity index (χ1n) is 7.09.